The molecule has 0 unspecified atom stereocenters. The molecule has 0 aliphatic heterocycles. The minimum absolute atomic E-state index is 0.0347. The first-order valence-electron chi connectivity index (χ1n) is 5.02. The predicted molar refractivity (Wildman–Crippen MR) is 66.9 cm³/mol. The lowest BCUT2D eigenvalue weighted by Gasteiger charge is -2.09. The van der Waals surface area contributed by atoms with Crippen LogP contribution in [0.25, 0.3) is 0 Å². The number of anilines is 2. The number of hydrogen-bond donors (Lipinski definition) is 2. The summed E-state index contributed by atoms with van der Waals surface area (Å²) in [4.78, 5) is 22.0. The van der Waals surface area contributed by atoms with Crippen molar-refractivity contribution in [2.45, 2.75) is 13.8 Å². The van der Waals surface area contributed by atoms with Crippen LogP contribution < -0.4 is 10.9 Å². The number of hydrogen-bond acceptors (Lipinski definition) is 4. The van der Waals surface area contributed by atoms with Crippen LogP contribution in [-0.2, 0) is 0 Å². The van der Waals surface area contributed by atoms with E-state index in [9.17, 15) is 4.79 Å². The number of rotatable bonds is 2. The normalized spacial score (nSPS) is 10.3. The smallest absolute Gasteiger partial charge is 0.271 e. The quantitative estimate of drug-likeness (QED) is 0.857. The van der Waals surface area contributed by atoms with E-state index in [0.717, 1.165) is 17.1 Å². The first-order chi connectivity index (χ1) is 8.08. The van der Waals surface area contributed by atoms with Crippen LogP contribution in [0.4, 0.5) is 11.5 Å². The van der Waals surface area contributed by atoms with Gasteiger partial charge >= 0.3 is 0 Å². The van der Waals surface area contributed by atoms with E-state index in [1.807, 2.05) is 26.0 Å². The largest absolute Gasteiger partial charge is 0.337 e. The van der Waals surface area contributed by atoms with Crippen molar-refractivity contribution in [3.63, 3.8) is 0 Å². The second kappa shape index (κ2) is 4.55. The first-order valence-corrected chi connectivity index (χ1v) is 5.40. The van der Waals surface area contributed by atoms with Crippen LogP contribution in [0, 0.1) is 13.8 Å². The fourth-order valence-electron chi connectivity index (χ4n) is 1.42. The number of H-pyrrole nitrogens is 1. The second-order valence-corrected chi connectivity index (χ2v) is 3.98. The van der Waals surface area contributed by atoms with E-state index in [4.69, 9.17) is 11.6 Å². The summed E-state index contributed by atoms with van der Waals surface area (Å²) in [5.74, 6) is 0.323. The van der Waals surface area contributed by atoms with Gasteiger partial charge in [-0.05, 0) is 26.0 Å². The highest BCUT2D eigenvalue weighted by Gasteiger charge is 2.07. The molecule has 2 aromatic rings. The molecule has 0 aliphatic carbocycles. The average molecular weight is 251 g/mol. The summed E-state index contributed by atoms with van der Waals surface area (Å²) in [6.45, 7) is 3.78. The van der Waals surface area contributed by atoms with Crippen LogP contribution in [-0.4, -0.2) is 15.0 Å². The van der Waals surface area contributed by atoms with Crippen LogP contribution in [0.1, 0.15) is 11.4 Å². The van der Waals surface area contributed by atoms with Gasteiger partial charge in [0, 0.05) is 5.69 Å². The first kappa shape index (κ1) is 11.6. The summed E-state index contributed by atoms with van der Waals surface area (Å²) < 4.78 is 0. The maximum atomic E-state index is 11.3. The van der Waals surface area contributed by atoms with Gasteiger partial charge < -0.3 is 10.3 Å². The number of aromatic nitrogens is 3. The molecule has 0 amide bonds. The van der Waals surface area contributed by atoms with Crippen molar-refractivity contribution in [2.24, 2.45) is 0 Å². The van der Waals surface area contributed by atoms with E-state index in [-0.39, 0.29) is 10.6 Å². The van der Waals surface area contributed by atoms with Crippen LogP contribution in [0.15, 0.2) is 23.3 Å². The number of nitrogens with zero attached hydrogens (tertiary/aromatic N) is 2. The number of aryl methyl sites for hydroxylation is 2. The SMILES string of the molecule is Cc1ccc(Nc2nc[nH]c(=O)c2Cl)c(C)n1. The molecular formula is C11H11ClN4O. The molecular weight excluding hydrogens is 240 g/mol. The zero-order valence-electron chi connectivity index (χ0n) is 9.41. The zero-order valence-corrected chi connectivity index (χ0v) is 10.2. The zero-order chi connectivity index (χ0) is 12.4. The van der Waals surface area contributed by atoms with Crippen LogP contribution in [0.5, 0.6) is 0 Å². The molecule has 0 saturated carbocycles. The third-order valence-corrected chi connectivity index (χ3v) is 2.63. The summed E-state index contributed by atoms with van der Waals surface area (Å²) >= 11 is 5.84. The molecule has 0 aromatic carbocycles. The van der Waals surface area contributed by atoms with Crippen molar-refractivity contribution in [3.05, 3.63) is 45.2 Å². The van der Waals surface area contributed by atoms with E-state index in [0.29, 0.717) is 5.82 Å². The minimum Gasteiger partial charge on any atom is -0.337 e. The molecule has 2 rings (SSSR count). The third-order valence-electron chi connectivity index (χ3n) is 2.27. The molecule has 0 aliphatic rings. The lowest BCUT2D eigenvalue weighted by molar-refractivity contribution is 1.10. The molecule has 6 heteroatoms. The molecule has 0 fully saturated rings. The van der Waals surface area contributed by atoms with E-state index in [2.05, 4.69) is 20.3 Å². The van der Waals surface area contributed by atoms with Crippen molar-refractivity contribution in [3.8, 4) is 0 Å². The van der Waals surface area contributed by atoms with Gasteiger partial charge in [-0.1, -0.05) is 11.6 Å². The molecule has 0 saturated heterocycles. The van der Waals surface area contributed by atoms with E-state index >= 15 is 0 Å². The van der Waals surface area contributed by atoms with Gasteiger partial charge in [-0.3, -0.25) is 9.78 Å². The molecule has 2 heterocycles. The molecule has 0 spiro atoms. The number of halogens is 1. The van der Waals surface area contributed by atoms with E-state index in [1.54, 1.807) is 0 Å². The Balaban J connectivity index is 2.38. The molecule has 0 atom stereocenters. The Labute approximate surface area is 103 Å². The summed E-state index contributed by atoms with van der Waals surface area (Å²) in [5, 5.41) is 3.02. The molecule has 17 heavy (non-hydrogen) atoms. The van der Waals surface area contributed by atoms with Crippen LogP contribution in [0.2, 0.25) is 5.02 Å². The Bertz CT molecular complexity index is 609. The van der Waals surface area contributed by atoms with Crippen molar-refractivity contribution in [1.82, 2.24) is 15.0 Å². The van der Waals surface area contributed by atoms with Gasteiger partial charge in [0.25, 0.3) is 5.56 Å². The van der Waals surface area contributed by atoms with Crippen molar-refractivity contribution in [1.29, 1.82) is 0 Å². The molecule has 2 aromatic heterocycles. The Morgan fingerprint density at radius 2 is 2.12 bits per heavy atom. The number of pyridine rings is 1. The maximum Gasteiger partial charge on any atom is 0.271 e. The summed E-state index contributed by atoms with van der Waals surface area (Å²) in [6.07, 6.45) is 1.30. The second-order valence-electron chi connectivity index (χ2n) is 3.60. The Morgan fingerprint density at radius 3 is 2.82 bits per heavy atom. The fraction of sp³-hybridized carbons (Fsp3) is 0.182. The van der Waals surface area contributed by atoms with Crippen molar-refractivity contribution in [2.75, 3.05) is 5.32 Å². The Kier molecular flexibility index (Phi) is 3.10. The lowest BCUT2D eigenvalue weighted by Crippen LogP contribution is -2.10. The molecule has 88 valence electrons. The van der Waals surface area contributed by atoms with Crippen molar-refractivity contribution < 1.29 is 0 Å². The number of aromatic amines is 1. The van der Waals surface area contributed by atoms with E-state index in [1.165, 1.54) is 6.33 Å². The van der Waals surface area contributed by atoms with Gasteiger partial charge in [-0.25, -0.2) is 4.98 Å². The van der Waals surface area contributed by atoms with Gasteiger partial charge in [0.15, 0.2) is 5.82 Å². The summed E-state index contributed by atoms with van der Waals surface area (Å²) in [6, 6.07) is 3.74. The molecule has 5 nitrogen and oxygen atoms in total. The lowest BCUT2D eigenvalue weighted by atomic mass is 10.3. The third kappa shape index (κ3) is 2.45. The monoisotopic (exact) mass is 250 g/mol. The van der Waals surface area contributed by atoms with Crippen LogP contribution in [0.3, 0.4) is 0 Å². The van der Waals surface area contributed by atoms with Gasteiger partial charge in [0.05, 0.1) is 17.7 Å². The molecule has 0 radical (unpaired) electrons. The molecule has 2 N–H and O–H groups in total. The van der Waals surface area contributed by atoms with Crippen LogP contribution >= 0.6 is 11.6 Å². The van der Waals surface area contributed by atoms with Gasteiger partial charge in [0.1, 0.15) is 5.02 Å². The molecule has 0 bridgehead atoms. The van der Waals surface area contributed by atoms with Gasteiger partial charge in [-0.2, -0.15) is 0 Å². The fourth-order valence-corrected chi connectivity index (χ4v) is 1.57. The number of nitrogens with one attached hydrogen (secondary N) is 2. The summed E-state index contributed by atoms with van der Waals surface area (Å²) in [7, 11) is 0. The van der Waals surface area contributed by atoms with E-state index < -0.39 is 0 Å². The predicted octanol–water partition coefficient (Wildman–Crippen LogP) is 2.18. The summed E-state index contributed by atoms with van der Waals surface area (Å²) in [5.41, 5.74) is 2.15. The maximum absolute atomic E-state index is 11.3. The van der Waals surface area contributed by atoms with Crippen molar-refractivity contribution >= 4 is 23.1 Å². The van der Waals surface area contributed by atoms with Gasteiger partial charge in [0.2, 0.25) is 0 Å². The minimum atomic E-state index is -0.373. The highest BCUT2D eigenvalue weighted by molar-refractivity contribution is 6.32. The van der Waals surface area contributed by atoms with Gasteiger partial charge in [-0.15, -0.1) is 0 Å². The average Bonchev–Trinajstić information content (AvgIpc) is 2.28. The highest BCUT2D eigenvalue weighted by Crippen LogP contribution is 2.21. The highest BCUT2D eigenvalue weighted by atomic mass is 35.5. The topological polar surface area (TPSA) is 70.7 Å². The standard InChI is InChI=1S/C11H11ClN4O/c1-6-3-4-8(7(2)15-6)16-10-9(12)11(17)14-5-13-10/h3-5H,1-2H3,(H2,13,14,16,17). The Hall–Kier alpha value is -1.88. The Morgan fingerprint density at radius 1 is 1.35 bits per heavy atom.